The third kappa shape index (κ3) is 0.787. The standard InChI is InChI=1S/C8H15N/c1-6-5-8-7(6)3-2-4-9-8/h6-9H,2-5H2,1H3. The highest BCUT2D eigenvalue weighted by molar-refractivity contribution is 4.94. The molecule has 0 aromatic heterocycles. The van der Waals surface area contributed by atoms with Crippen LogP contribution in [-0.4, -0.2) is 12.6 Å². The van der Waals surface area contributed by atoms with Gasteiger partial charge in [0.15, 0.2) is 0 Å². The molecule has 2 rings (SSSR count). The maximum Gasteiger partial charge on any atom is 0.0100 e. The zero-order valence-corrected chi connectivity index (χ0v) is 6.06. The molecule has 0 spiro atoms. The second kappa shape index (κ2) is 1.98. The summed E-state index contributed by atoms with van der Waals surface area (Å²) in [5, 5.41) is 3.55. The molecule has 3 unspecified atom stereocenters. The third-order valence-electron chi connectivity index (χ3n) is 2.99. The van der Waals surface area contributed by atoms with Crippen LogP contribution in [0.15, 0.2) is 0 Å². The highest BCUT2D eigenvalue weighted by atomic mass is 15.0. The first-order valence-corrected chi connectivity index (χ1v) is 4.11. The second-order valence-corrected chi connectivity index (χ2v) is 3.58. The number of hydrogen-bond acceptors (Lipinski definition) is 1. The fourth-order valence-electron chi connectivity index (χ4n) is 2.30. The Hall–Kier alpha value is -0.0400. The van der Waals surface area contributed by atoms with Crippen LogP contribution in [0.4, 0.5) is 0 Å². The van der Waals surface area contributed by atoms with E-state index in [1.165, 1.54) is 25.8 Å². The Kier molecular flexibility index (Phi) is 1.26. The van der Waals surface area contributed by atoms with Gasteiger partial charge < -0.3 is 5.32 Å². The fraction of sp³-hybridized carbons (Fsp3) is 1.00. The maximum atomic E-state index is 3.55. The van der Waals surface area contributed by atoms with Crippen molar-refractivity contribution in [1.82, 2.24) is 5.32 Å². The molecule has 0 bridgehead atoms. The van der Waals surface area contributed by atoms with Crippen molar-refractivity contribution in [3.05, 3.63) is 0 Å². The van der Waals surface area contributed by atoms with Crippen LogP contribution in [-0.2, 0) is 0 Å². The predicted octanol–water partition coefficient (Wildman–Crippen LogP) is 1.39. The van der Waals surface area contributed by atoms with Gasteiger partial charge in [0, 0.05) is 6.04 Å². The molecule has 0 aromatic rings. The van der Waals surface area contributed by atoms with E-state index >= 15 is 0 Å². The van der Waals surface area contributed by atoms with Gasteiger partial charge in [-0.05, 0) is 37.6 Å². The molecule has 52 valence electrons. The Balaban J connectivity index is 1.94. The van der Waals surface area contributed by atoms with Gasteiger partial charge in [-0.15, -0.1) is 0 Å². The van der Waals surface area contributed by atoms with E-state index in [0.29, 0.717) is 0 Å². The van der Waals surface area contributed by atoms with Crippen LogP contribution in [0.2, 0.25) is 0 Å². The average molecular weight is 125 g/mol. The molecular formula is C8H15N. The summed E-state index contributed by atoms with van der Waals surface area (Å²) in [6, 6.07) is 0.911. The molecule has 1 aliphatic carbocycles. The van der Waals surface area contributed by atoms with Crippen molar-refractivity contribution in [1.29, 1.82) is 0 Å². The van der Waals surface area contributed by atoms with E-state index in [-0.39, 0.29) is 0 Å². The normalized spacial score (nSPS) is 49.7. The largest absolute Gasteiger partial charge is 0.314 e. The highest BCUT2D eigenvalue weighted by Crippen LogP contribution is 2.39. The summed E-state index contributed by atoms with van der Waals surface area (Å²) in [5.74, 6) is 2.06. The number of rotatable bonds is 0. The Morgan fingerprint density at radius 3 is 2.89 bits per heavy atom. The molecule has 1 saturated carbocycles. The quantitative estimate of drug-likeness (QED) is 0.516. The van der Waals surface area contributed by atoms with E-state index in [4.69, 9.17) is 0 Å². The van der Waals surface area contributed by atoms with E-state index in [9.17, 15) is 0 Å². The molecule has 1 heterocycles. The summed E-state index contributed by atoms with van der Waals surface area (Å²) >= 11 is 0. The molecule has 1 N–H and O–H groups in total. The molecule has 0 radical (unpaired) electrons. The zero-order chi connectivity index (χ0) is 6.27. The van der Waals surface area contributed by atoms with Crippen LogP contribution < -0.4 is 5.32 Å². The Morgan fingerprint density at radius 1 is 1.44 bits per heavy atom. The van der Waals surface area contributed by atoms with Gasteiger partial charge in [0.05, 0.1) is 0 Å². The van der Waals surface area contributed by atoms with Crippen molar-refractivity contribution in [3.8, 4) is 0 Å². The lowest BCUT2D eigenvalue weighted by atomic mass is 9.66. The summed E-state index contributed by atoms with van der Waals surface area (Å²) < 4.78 is 0. The second-order valence-electron chi connectivity index (χ2n) is 3.58. The summed E-state index contributed by atoms with van der Waals surface area (Å²) in [5.41, 5.74) is 0. The van der Waals surface area contributed by atoms with E-state index in [2.05, 4.69) is 12.2 Å². The van der Waals surface area contributed by atoms with Crippen LogP contribution in [0, 0.1) is 11.8 Å². The molecule has 2 aliphatic rings. The molecule has 1 saturated heterocycles. The van der Waals surface area contributed by atoms with Gasteiger partial charge >= 0.3 is 0 Å². The molecule has 0 amide bonds. The first kappa shape index (κ1) is 5.72. The van der Waals surface area contributed by atoms with Crippen molar-refractivity contribution in [2.24, 2.45) is 11.8 Å². The van der Waals surface area contributed by atoms with Crippen molar-refractivity contribution in [3.63, 3.8) is 0 Å². The monoisotopic (exact) mass is 125 g/mol. The Morgan fingerprint density at radius 2 is 2.33 bits per heavy atom. The van der Waals surface area contributed by atoms with Gasteiger partial charge in [0.2, 0.25) is 0 Å². The summed E-state index contributed by atoms with van der Waals surface area (Å²) in [6.45, 7) is 3.65. The molecule has 2 fully saturated rings. The highest BCUT2D eigenvalue weighted by Gasteiger charge is 2.38. The van der Waals surface area contributed by atoms with Gasteiger partial charge in [-0.1, -0.05) is 6.92 Å². The smallest absolute Gasteiger partial charge is 0.0100 e. The topological polar surface area (TPSA) is 12.0 Å². The number of fused-ring (bicyclic) bond motifs is 1. The number of nitrogens with one attached hydrogen (secondary N) is 1. The minimum Gasteiger partial charge on any atom is -0.314 e. The van der Waals surface area contributed by atoms with Crippen molar-refractivity contribution in [2.45, 2.75) is 32.2 Å². The Bertz CT molecular complexity index is 109. The molecule has 1 aliphatic heterocycles. The van der Waals surface area contributed by atoms with Gasteiger partial charge in [-0.3, -0.25) is 0 Å². The average Bonchev–Trinajstić information content (AvgIpc) is 1.86. The Labute approximate surface area is 56.8 Å². The molecular weight excluding hydrogens is 110 g/mol. The zero-order valence-electron chi connectivity index (χ0n) is 6.06. The summed E-state index contributed by atoms with van der Waals surface area (Å²) in [4.78, 5) is 0. The number of piperidine rings is 1. The predicted molar refractivity (Wildman–Crippen MR) is 38.3 cm³/mol. The summed E-state index contributed by atoms with van der Waals surface area (Å²) in [6.07, 6.45) is 4.33. The van der Waals surface area contributed by atoms with Crippen LogP contribution in [0.5, 0.6) is 0 Å². The SMILES string of the molecule is CC1CC2NCCCC12. The lowest BCUT2D eigenvalue weighted by Gasteiger charge is -2.46. The van der Waals surface area contributed by atoms with E-state index in [1.807, 2.05) is 0 Å². The lowest BCUT2D eigenvalue weighted by molar-refractivity contribution is 0.0842. The van der Waals surface area contributed by atoms with Gasteiger partial charge in [-0.2, -0.15) is 0 Å². The molecule has 9 heavy (non-hydrogen) atoms. The van der Waals surface area contributed by atoms with Crippen LogP contribution >= 0.6 is 0 Å². The van der Waals surface area contributed by atoms with Crippen molar-refractivity contribution < 1.29 is 0 Å². The maximum absolute atomic E-state index is 3.55. The van der Waals surface area contributed by atoms with Crippen molar-refractivity contribution in [2.75, 3.05) is 6.54 Å². The summed E-state index contributed by atoms with van der Waals surface area (Å²) in [7, 11) is 0. The molecule has 3 atom stereocenters. The van der Waals surface area contributed by atoms with Gasteiger partial charge in [0.25, 0.3) is 0 Å². The van der Waals surface area contributed by atoms with Gasteiger partial charge in [-0.25, -0.2) is 0 Å². The third-order valence-corrected chi connectivity index (χ3v) is 2.99. The fourth-order valence-corrected chi connectivity index (χ4v) is 2.30. The van der Waals surface area contributed by atoms with Crippen LogP contribution in [0.25, 0.3) is 0 Å². The number of hydrogen-bond donors (Lipinski definition) is 1. The van der Waals surface area contributed by atoms with Crippen LogP contribution in [0.3, 0.4) is 0 Å². The van der Waals surface area contributed by atoms with E-state index < -0.39 is 0 Å². The van der Waals surface area contributed by atoms with E-state index in [1.54, 1.807) is 0 Å². The van der Waals surface area contributed by atoms with Crippen molar-refractivity contribution >= 4 is 0 Å². The first-order valence-electron chi connectivity index (χ1n) is 4.11. The van der Waals surface area contributed by atoms with Gasteiger partial charge in [0.1, 0.15) is 0 Å². The minimum atomic E-state index is 0.911. The molecule has 1 nitrogen and oxygen atoms in total. The van der Waals surface area contributed by atoms with E-state index in [0.717, 1.165) is 17.9 Å². The molecule has 0 aromatic carbocycles. The van der Waals surface area contributed by atoms with Crippen LogP contribution in [0.1, 0.15) is 26.2 Å². The minimum absolute atomic E-state index is 0.911. The molecule has 1 heteroatoms. The lowest BCUT2D eigenvalue weighted by Crippen LogP contribution is -2.52. The first-order chi connectivity index (χ1) is 4.38.